The van der Waals surface area contributed by atoms with Gasteiger partial charge in [0.1, 0.15) is 13.2 Å². The Morgan fingerprint density at radius 3 is 2.62 bits per heavy atom. The Bertz CT molecular complexity index is 399. The van der Waals surface area contributed by atoms with Gasteiger partial charge in [-0.05, 0) is 31.4 Å². The molecule has 16 heavy (non-hydrogen) atoms. The molecule has 1 heterocycles. The van der Waals surface area contributed by atoms with Gasteiger partial charge >= 0.3 is 0 Å². The molecule has 1 aliphatic rings. The van der Waals surface area contributed by atoms with E-state index in [9.17, 15) is 0 Å². The maximum atomic E-state index is 6.18. The fourth-order valence-electron chi connectivity index (χ4n) is 1.70. The first-order valence-corrected chi connectivity index (χ1v) is 5.88. The van der Waals surface area contributed by atoms with Crippen LogP contribution in [0.2, 0.25) is 5.02 Å². The number of rotatable bonds is 3. The van der Waals surface area contributed by atoms with Gasteiger partial charge in [0.2, 0.25) is 0 Å². The van der Waals surface area contributed by atoms with E-state index in [-0.39, 0.29) is 0 Å². The first kappa shape index (κ1) is 11.3. The highest BCUT2D eigenvalue weighted by Gasteiger charge is 2.14. The highest BCUT2D eigenvalue weighted by Crippen LogP contribution is 2.35. The van der Waals surface area contributed by atoms with E-state index in [1.54, 1.807) is 0 Å². The Morgan fingerprint density at radius 1 is 1.25 bits per heavy atom. The number of fused-ring (bicyclic) bond motifs is 1. The summed E-state index contributed by atoms with van der Waals surface area (Å²) in [6, 6.07) is 3.83. The molecule has 0 aliphatic carbocycles. The maximum Gasteiger partial charge on any atom is 0.162 e. The van der Waals surface area contributed by atoms with Crippen molar-refractivity contribution >= 4 is 11.6 Å². The van der Waals surface area contributed by atoms with Crippen LogP contribution in [0.3, 0.4) is 0 Å². The zero-order valence-corrected chi connectivity index (χ0v) is 10.1. The first-order valence-electron chi connectivity index (χ1n) is 5.50. The van der Waals surface area contributed by atoms with E-state index < -0.39 is 0 Å². The average Bonchev–Trinajstić information content (AvgIpc) is 2.30. The van der Waals surface area contributed by atoms with E-state index in [4.69, 9.17) is 21.1 Å². The van der Waals surface area contributed by atoms with E-state index in [0.717, 1.165) is 34.9 Å². The van der Waals surface area contributed by atoms with E-state index in [1.165, 1.54) is 0 Å². The van der Waals surface area contributed by atoms with Crippen molar-refractivity contribution in [1.82, 2.24) is 0 Å². The monoisotopic (exact) mass is 238 g/mol. The molecule has 86 valence electrons. The normalized spacial score (nSPS) is 14.4. The van der Waals surface area contributed by atoms with Crippen LogP contribution in [0, 0.1) is 0 Å². The van der Waals surface area contributed by atoms with E-state index in [1.807, 2.05) is 25.1 Å². The van der Waals surface area contributed by atoms with Crippen LogP contribution in [0.5, 0.6) is 11.5 Å². The second-order valence-electron chi connectivity index (χ2n) is 3.69. The summed E-state index contributed by atoms with van der Waals surface area (Å²) >= 11 is 6.18. The summed E-state index contributed by atoms with van der Waals surface area (Å²) in [7, 11) is 0. The van der Waals surface area contributed by atoms with Gasteiger partial charge in [0.25, 0.3) is 0 Å². The topological polar surface area (TPSA) is 18.5 Å². The van der Waals surface area contributed by atoms with Crippen LogP contribution in [0.1, 0.15) is 18.9 Å². The standard InChI is InChI=1S/C13H15ClO2/c1-2-3-4-5-10-8-12-13(9-11(10)14)16-7-6-15-12/h2-3,8-9H,4-7H2,1H3/b3-2-. The molecular formula is C13H15ClO2. The maximum absolute atomic E-state index is 6.18. The number of hydrogen-bond acceptors (Lipinski definition) is 2. The number of allylic oxidation sites excluding steroid dienone is 2. The third kappa shape index (κ3) is 2.50. The van der Waals surface area contributed by atoms with Crippen molar-refractivity contribution in [2.24, 2.45) is 0 Å². The lowest BCUT2D eigenvalue weighted by atomic mass is 10.1. The largest absolute Gasteiger partial charge is 0.486 e. The van der Waals surface area contributed by atoms with Gasteiger partial charge in [0.05, 0.1) is 0 Å². The summed E-state index contributed by atoms with van der Waals surface area (Å²) in [4.78, 5) is 0. The summed E-state index contributed by atoms with van der Waals surface area (Å²) in [5.74, 6) is 1.57. The van der Waals surface area contributed by atoms with Gasteiger partial charge in [-0.2, -0.15) is 0 Å². The molecule has 1 aromatic rings. The molecule has 0 amide bonds. The molecule has 3 heteroatoms. The van der Waals surface area contributed by atoms with Crippen LogP contribution in [0.15, 0.2) is 24.3 Å². The molecule has 1 aliphatic heterocycles. The van der Waals surface area contributed by atoms with Gasteiger partial charge < -0.3 is 9.47 Å². The van der Waals surface area contributed by atoms with Crippen LogP contribution in [-0.2, 0) is 6.42 Å². The molecule has 0 bridgehead atoms. The number of ether oxygens (including phenoxy) is 2. The number of benzene rings is 1. The lowest BCUT2D eigenvalue weighted by Gasteiger charge is -2.19. The SMILES string of the molecule is C/C=C\CCc1cc2c(cc1Cl)OCCO2. The van der Waals surface area contributed by atoms with Gasteiger partial charge in [-0.3, -0.25) is 0 Å². The summed E-state index contributed by atoms with van der Waals surface area (Å²) in [6.07, 6.45) is 6.11. The number of hydrogen-bond donors (Lipinski definition) is 0. The molecule has 0 saturated carbocycles. The van der Waals surface area contributed by atoms with Crippen molar-refractivity contribution in [3.05, 3.63) is 34.9 Å². The Morgan fingerprint density at radius 2 is 1.94 bits per heavy atom. The smallest absolute Gasteiger partial charge is 0.162 e. The number of aryl methyl sites for hydroxylation is 1. The minimum absolute atomic E-state index is 0.598. The summed E-state index contributed by atoms with van der Waals surface area (Å²) in [5, 5.41) is 0.758. The lowest BCUT2D eigenvalue weighted by molar-refractivity contribution is 0.171. The Kier molecular flexibility index (Phi) is 3.73. The molecule has 0 aromatic heterocycles. The second kappa shape index (κ2) is 5.26. The van der Waals surface area contributed by atoms with Crippen molar-refractivity contribution in [3.63, 3.8) is 0 Å². The Balaban J connectivity index is 2.18. The molecule has 2 nitrogen and oxygen atoms in total. The third-order valence-electron chi connectivity index (χ3n) is 2.53. The van der Waals surface area contributed by atoms with Gasteiger partial charge in [0, 0.05) is 11.1 Å². The predicted molar refractivity (Wildman–Crippen MR) is 65.6 cm³/mol. The molecule has 0 unspecified atom stereocenters. The van der Waals surface area contributed by atoms with Crippen molar-refractivity contribution in [2.45, 2.75) is 19.8 Å². The van der Waals surface area contributed by atoms with Gasteiger partial charge in [-0.1, -0.05) is 23.8 Å². The van der Waals surface area contributed by atoms with E-state index >= 15 is 0 Å². The zero-order chi connectivity index (χ0) is 11.4. The van der Waals surface area contributed by atoms with E-state index in [0.29, 0.717) is 13.2 Å². The molecular weight excluding hydrogens is 224 g/mol. The van der Waals surface area contributed by atoms with Crippen molar-refractivity contribution in [3.8, 4) is 11.5 Å². The van der Waals surface area contributed by atoms with Crippen LogP contribution >= 0.6 is 11.6 Å². The molecule has 0 fully saturated rings. The lowest BCUT2D eigenvalue weighted by Crippen LogP contribution is -2.15. The first-order chi connectivity index (χ1) is 7.81. The molecule has 0 N–H and O–H groups in total. The van der Waals surface area contributed by atoms with Crippen molar-refractivity contribution in [1.29, 1.82) is 0 Å². The van der Waals surface area contributed by atoms with Crippen LogP contribution < -0.4 is 9.47 Å². The number of halogens is 1. The highest BCUT2D eigenvalue weighted by atomic mass is 35.5. The van der Waals surface area contributed by atoms with Gasteiger partial charge in [-0.15, -0.1) is 0 Å². The van der Waals surface area contributed by atoms with Crippen LogP contribution in [0.25, 0.3) is 0 Å². The van der Waals surface area contributed by atoms with Gasteiger partial charge in [-0.25, -0.2) is 0 Å². The zero-order valence-electron chi connectivity index (χ0n) is 9.33. The Hall–Kier alpha value is -1.15. The fourth-order valence-corrected chi connectivity index (χ4v) is 1.95. The molecule has 0 saturated heterocycles. The molecule has 1 aromatic carbocycles. The molecule has 0 atom stereocenters. The minimum atomic E-state index is 0.598. The van der Waals surface area contributed by atoms with Crippen LogP contribution in [0.4, 0.5) is 0 Å². The van der Waals surface area contributed by atoms with Gasteiger partial charge in [0.15, 0.2) is 11.5 Å². The fraction of sp³-hybridized carbons (Fsp3) is 0.385. The van der Waals surface area contributed by atoms with Crippen molar-refractivity contribution in [2.75, 3.05) is 13.2 Å². The minimum Gasteiger partial charge on any atom is -0.486 e. The third-order valence-corrected chi connectivity index (χ3v) is 2.88. The second-order valence-corrected chi connectivity index (χ2v) is 4.10. The van der Waals surface area contributed by atoms with Crippen LogP contribution in [-0.4, -0.2) is 13.2 Å². The summed E-state index contributed by atoms with van der Waals surface area (Å²) < 4.78 is 11.0. The summed E-state index contributed by atoms with van der Waals surface area (Å²) in [5.41, 5.74) is 1.11. The highest BCUT2D eigenvalue weighted by molar-refractivity contribution is 6.31. The molecule has 0 spiro atoms. The van der Waals surface area contributed by atoms with E-state index in [2.05, 4.69) is 6.08 Å². The molecule has 2 rings (SSSR count). The van der Waals surface area contributed by atoms with Crippen molar-refractivity contribution < 1.29 is 9.47 Å². The summed E-state index contributed by atoms with van der Waals surface area (Å²) in [6.45, 7) is 3.23. The molecule has 0 radical (unpaired) electrons. The Labute approximate surface area is 101 Å². The quantitative estimate of drug-likeness (QED) is 0.749. The predicted octanol–water partition coefficient (Wildman–Crippen LogP) is 3.62. The average molecular weight is 239 g/mol.